The van der Waals surface area contributed by atoms with Gasteiger partial charge in [-0.3, -0.25) is 9.59 Å². The molecule has 0 rings (SSSR count). The summed E-state index contributed by atoms with van der Waals surface area (Å²) in [7, 11) is 0. The van der Waals surface area contributed by atoms with Gasteiger partial charge in [-0.05, 0) is 18.4 Å². The molecule has 2 atom stereocenters. The van der Waals surface area contributed by atoms with Crippen LogP contribution in [0.5, 0.6) is 0 Å². The Morgan fingerprint density at radius 3 is 2.15 bits per heavy atom. The average Bonchev–Trinajstić information content (AvgIpc) is 2.32. The monoisotopic (exact) mass is 306 g/mol. The van der Waals surface area contributed by atoms with Crippen LogP contribution in [0.15, 0.2) is 0 Å². The molecule has 20 heavy (non-hydrogen) atoms. The fourth-order valence-corrected chi connectivity index (χ4v) is 1.82. The first-order valence-electron chi connectivity index (χ1n) is 5.64. The number of nitrogens with one attached hydrogen (secondary N) is 2. The Morgan fingerprint density at radius 2 is 1.75 bits per heavy atom. The molecule has 0 aliphatic heterocycles. The van der Waals surface area contributed by atoms with Gasteiger partial charge in [-0.1, -0.05) is 0 Å². The van der Waals surface area contributed by atoms with Gasteiger partial charge in [0.1, 0.15) is 12.1 Å². The molecular formula is C10H18N4O5S. The van der Waals surface area contributed by atoms with Crippen LogP contribution in [0.3, 0.4) is 0 Å². The van der Waals surface area contributed by atoms with Crippen LogP contribution < -0.4 is 22.1 Å². The highest BCUT2D eigenvalue weighted by Crippen LogP contribution is 2.02. The third-order valence-corrected chi connectivity index (χ3v) is 2.91. The lowest BCUT2D eigenvalue weighted by atomic mass is 10.1. The number of hydrogen-bond acceptors (Lipinski definition) is 5. The number of carbonyl (C=O) groups is 4. The molecule has 0 heterocycles. The summed E-state index contributed by atoms with van der Waals surface area (Å²) in [5, 5.41) is 13.2. The highest BCUT2D eigenvalue weighted by atomic mass is 32.2. The molecule has 10 heteroatoms. The van der Waals surface area contributed by atoms with E-state index < -0.39 is 42.3 Å². The Bertz CT molecular complexity index is 390. The van der Waals surface area contributed by atoms with Gasteiger partial charge in [0.2, 0.25) is 11.8 Å². The molecule has 0 spiro atoms. The molecule has 0 radical (unpaired) electrons. The average molecular weight is 306 g/mol. The minimum absolute atomic E-state index is 0.277. The molecule has 0 aliphatic rings. The minimum atomic E-state index is -1.44. The lowest BCUT2D eigenvalue weighted by Crippen LogP contribution is -2.53. The molecule has 0 aromatic heterocycles. The lowest BCUT2D eigenvalue weighted by Gasteiger charge is -2.19. The van der Waals surface area contributed by atoms with Gasteiger partial charge in [-0.2, -0.15) is 11.8 Å². The van der Waals surface area contributed by atoms with E-state index in [9.17, 15) is 19.2 Å². The highest BCUT2D eigenvalue weighted by Gasteiger charge is 2.26. The minimum Gasteiger partial charge on any atom is -0.480 e. The third-order valence-electron chi connectivity index (χ3n) is 2.26. The van der Waals surface area contributed by atoms with Crippen molar-refractivity contribution in [1.29, 1.82) is 0 Å². The predicted molar refractivity (Wildman–Crippen MR) is 72.9 cm³/mol. The van der Waals surface area contributed by atoms with Gasteiger partial charge >= 0.3 is 12.0 Å². The number of primary amides is 2. The molecule has 0 fully saturated rings. The Balaban J connectivity index is 4.72. The second-order valence-corrected chi connectivity index (χ2v) is 4.90. The molecule has 0 aromatic carbocycles. The van der Waals surface area contributed by atoms with E-state index in [0.717, 1.165) is 0 Å². The van der Waals surface area contributed by atoms with Crippen LogP contribution in [0, 0.1) is 0 Å². The number of thioether (sulfide) groups is 1. The molecule has 0 bridgehead atoms. The smallest absolute Gasteiger partial charge is 0.326 e. The summed E-state index contributed by atoms with van der Waals surface area (Å²) in [6.07, 6.45) is 1.55. The first kappa shape index (κ1) is 18.0. The summed E-state index contributed by atoms with van der Waals surface area (Å²) in [6, 6.07) is -3.30. The maximum atomic E-state index is 11.9. The Kier molecular flexibility index (Phi) is 8.13. The van der Waals surface area contributed by atoms with Crippen molar-refractivity contribution in [2.75, 3.05) is 12.0 Å². The van der Waals surface area contributed by atoms with E-state index in [1.165, 1.54) is 11.8 Å². The van der Waals surface area contributed by atoms with Crippen LogP contribution in [0.25, 0.3) is 0 Å². The van der Waals surface area contributed by atoms with E-state index in [2.05, 4.69) is 10.6 Å². The van der Waals surface area contributed by atoms with E-state index in [4.69, 9.17) is 16.6 Å². The number of aliphatic carboxylic acids is 1. The van der Waals surface area contributed by atoms with Crippen LogP contribution in [-0.2, 0) is 14.4 Å². The largest absolute Gasteiger partial charge is 0.480 e. The van der Waals surface area contributed by atoms with E-state index in [-0.39, 0.29) is 6.42 Å². The fourth-order valence-electron chi connectivity index (χ4n) is 1.35. The van der Waals surface area contributed by atoms with E-state index in [1.54, 1.807) is 0 Å². The summed E-state index contributed by atoms with van der Waals surface area (Å²) >= 11 is 1.45. The van der Waals surface area contributed by atoms with E-state index in [1.807, 2.05) is 6.26 Å². The molecular weight excluding hydrogens is 288 g/mol. The van der Waals surface area contributed by atoms with Crippen molar-refractivity contribution in [2.24, 2.45) is 11.5 Å². The maximum absolute atomic E-state index is 11.9. The van der Waals surface area contributed by atoms with Gasteiger partial charge in [0.15, 0.2) is 0 Å². The van der Waals surface area contributed by atoms with E-state index >= 15 is 0 Å². The number of carbonyl (C=O) groups excluding carboxylic acids is 3. The number of nitrogens with two attached hydrogens (primary N) is 2. The molecule has 4 amide bonds. The van der Waals surface area contributed by atoms with Crippen LogP contribution in [0.1, 0.15) is 12.8 Å². The van der Waals surface area contributed by atoms with Gasteiger partial charge < -0.3 is 27.2 Å². The fraction of sp³-hybridized carbons (Fsp3) is 0.600. The molecule has 0 saturated heterocycles. The summed E-state index contributed by atoms with van der Waals surface area (Å²) < 4.78 is 0. The number of hydrogen-bond donors (Lipinski definition) is 5. The SMILES string of the molecule is CSCCC(NC(N)=O)C(=O)N[C@H](CC(N)=O)C(=O)O. The number of carboxylic acid groups (broad SMARTS) is 1. The van der Waals surface area contributed by atoms with Crippen LogP contribution in [-0.4, -0.2) is 53.0 Å². The van der Waals surface area contributed by atoms with Crippen LogP contribution >= 0.6 is 11.8 Å². The Labute approximate surface area is 119 Å². The van der Waals surface area contributed by atoms with Crippen LogP contribution in [0.4, 0.5) is 4.79 Å². The Hall–Kier alpha value is -1.97. The second kappa shape index (κ2) is 9.02. The molecule has 9 nitrogen and oxygen atoms in total. The van der Waals surface area contributed by atoms with Gasteiger partial charge in [0.05, 0.1) is 6.42 Å². The number of carboxylic acids is 1. The second-order valence-electron chi connectivity index (χ2n) is 3.91. The Morgan fingerprint density at radius 1 is 1.15 bits per heavy atom. The lowest BCUT2D eigenvalue weighted by molar-refractivity contribution is -0.143. The summed E-state index contributed by atoms with van der Waals surface area (Å²) in [5.41, 5.74) is 9.84. The third kappa shape index (κ3) is 7.46. The zero-order valence-electron chi connectivity index (χ0n) is 10.9. The standard InChI is InChI=1S/C10H18N4O5S/c1-20-3-2-5(14-10(12)19)8(16)13-6(9(17)18)4-7(11)15/h5-6H,2-4H2,1H3,(H2,11,15)(H,13,16)(H,17,18)(H3,12,14,19)/t5?,6-/m1/s1. The quantitative estimate of drug-likeness (QED) is 0.338. The van der Waals surface area contributed by atoms with Crippen molar-refractivity contribution in [1.82, 2.24) is 10.6 Å². The van der Waals surface area contributed by atoms with Crippen molar-refractivity contribution in [3.63, 3.8) is 0 Å². The van der Waals surface area contributed by atoms with E-state index in [0.29, 0.717) is 5.75 Å². The van der Waals surface area contributed by atoms with Gasteiger partial charge in [0, 0.05) is 0 Å². The number of rotatable bonds is 9. The first-order valence-corrected chi connectivity index (χ1v) is 7.03. The molecule has 7 N–H and O–H groups in total. The first-order chi connectivity index (χ1) is 9.27. The van der Waals surface area contributed by atoms with Crippen molar-refractivity contribution < 1.29 is 24.3 Å². The predicted octanol–water partition coefficient (Wildman–Crippen LogP) is -1.78. The maximum Gasteiger partial charge on any atom is 0.326 e. The number of urea groups is 1. The zero-order chi connectivity index (χ0) is 15.7. The zero-order valence-corrected chi connectivity index (χ0v) is 11.7. The van der Waals surface area contributed by atoms with Crippen molar-refractivity contribution in [3.05, 3.63) is 0 Å². The molecule has 1 unspecified atom stereocenters. The van der Waals surface area contributed by atoms with Gasteiger partial charge in [-0.25, -0.2) is 9.59 Å². The van der Waals surface area contributed by atoms with Crippen molar-refractivity contribution in [3.8, 4) is 0 Å². The topological polar surface area (TPSA) is 165 Å². The van der Waals surface area contributed by atoms with Crippen molar-refractivity contribution in [2.45, 2.75) is 24.9 Å². The molecule has 0 aliphatic carbocycles. The van der Waals surface area contributed by atoms with Gasteiger partial charge in [-0.15, -0.1) is 0 Å². The number of amides is 4. The molecule has 0 aromatic rings. The van der Waals surface area contributed by atoms with Crippen molar-refractivity contribution >= 4 is 35.6 Å². The molecule has 0 saturated carbocycles. The highest BCUT2D eigenvalue weighted by molar-refractivity contribution is 7.98. The molecule has 114 valence electrons. The summed E-state index contributed by atoms with van der Waals surface area (Å²) in [5.74, 6) is -2.42. The summed E-state index contributed by atoms with van der Waals surface area (Å²) in [4.78, 5) is 44.3. The normalized spacial score (nSPS) is 13.1. The summed E-state index contributed by atoms with van der Waals surface area (Å²) in [6.45, 7) is 0. The van der Waals surface area contributed by atoms with Crippen LogP contribution in [0.2, 0.25) is 0 Å². The van der Waals surface area contributed by atoms with Gasteiger partial charge in [0.25, 0.3) is 0 Å².